The van der Waals surface area contributed by atoms with Crippen LogP contribution in [0, 0.1) is 5.82 Å². The summed E-state index contributed by atoms with van der Waals surface area (Å²) >= 11 is 6.04. The van der Waals surface area contributed by atoms with Gasteiger partial charge in [0.15, 0.2) is 0 Å². The molecule has 1 heterocycles. The van der Waals surface area contributed by atoms with Crippen LogP contribution in [0.4, 0.5) is 4.39 Å². The Bertz CT molecular complexity index is 369. The third-order valence-electron chi connectivity index (χ3n) is 3.11. The molecule has 1 aliphatic rings. The van der Waals surface area contributed by atoms with Gasteiger partial charge in [-0.25, -0.2) is 4.39 Å². The number of morpholine rings is 1. The van der Waals surface area contributed by atoms with E-state index in [4.69, 9.17) is 16.3 Å². The fourth-order valence-corrected chi connectivity index (χ4v) is 2.71. The molecule has 1 aromatic rings. The maximum atomic E-state index is 13.7. The lowest BCUT2D eigenvalue weighted by atomic mass is 10.1. The number of ether oxygens (including phenoxy) is 1. The molecule has 0 aliphatic carbocycles. The molecule has 0 spiro atoms. The fourth-order valence-electron chi connectivity index (χ4n) is 2.48. The zero-order valence-electron chi connectivity index (χ0n) is 10.2. The maximum absolute atomic E-state index is 13.7. The number of halogens is 2. The molecule has 0 bridgehead atoms. The molecule has 1 saturated heterocycles. The van der Waals surface area contributed by atoms with Crippen molar-refractivity contribution in [2.45, 2.75) is 32.6 Å². The van der Waals surface area contributed by atoms with E-state index in [1.807, 2.05) is 0 Å². The lowest BCUT2D eigenvalue weighted by Crippen LogP contribution is -3.14. The van der Waals surface area contributed by atoms with E-state index in [-0.39, 0.29) is 18.0 Å². The van der Waals surface area contributed by atoms with Crippen molar-refractivity contribution < 1.29 is 14.0 Å². The van der Waals surface area contributed by atoms with Crippen LogP contribution < -0.4 is 4.90 Å². The van der Waals surface area contributed by atoms with Crippen molar-refractivity contribution in [3.05, 3.63) is 34.6 Å². The Labute approximate surface area is 106 Å². The largest absolute Gasteiger partial charge is 0.364 e. The summed E-state index contributed by atoms with van der Waals surface area (Å²) in [4.78, 5) is 1.32. The first-order chi connectivity index (χ1) is 8.06. The molecule has 4 heteroatoms. The quantitative estimate of drug-likeness (QED) is 0.852. The first-order valence-electron chi connectivity index (χ1n) is 5.98. The second-order valence-electron chi connectivity index (χ2n) is 4.79. The molecule has 0 saturated carbocycles. The normalized spacial score (nSPS) is 29.3. The van der Waals surface area contributed by atoms with E-state index in [1.54, 1.807) is 12.1 Å². The van der Waals surface area contributed by atoms with E-state index >= 15 is 0 Å². The Morgan fingerprint density at radius 2 is 2.00 bits per heavy atom. The van der Waals surface area contributed by atoms with E-state index < -0.39 is 0 Å². The SMILES string of the molecule is C[C@@H]1C[NH+](Cc2c(F)cccc2Cl)C[C@H](C)O1. The second-order valence-corrected chi connectivity index (χ2v) is 5.20. The first-order valence-corrected chi connectivity index (χ1v) is 6.36. The zero-order chi connectivity index (χ0) is 12.4. The smallest absolute Gasteiger partial charge is 0.133 e. The molecule has 1 aromatic carbocycles. The predicted octanol–water partition coefficient (Wildman–Crippen LogP) is 1.67. The minimum atomic E-state index is -0.211. The van der Waals surface area contributed by atoms with Crippen LogP contribution in [0.5, 0.6) is 0 Å². The van der Waals surface area contributed by atoms with Gasteiger partial charge < -0.3 is 9.64 Å². The number of nitrogens with one attached hydrogen (secondary N) is 1. The van der Waals surface area contributed by atoms with Gasteiger partial charge in [-0.1, -0.05) is 17.7 Å². The van der Waals surface area contributed by atoms with Crippen molar-refractivity contribution in [3.63, 3.8) is 0 Å². The summed E-state index contributed by atoms with van der Waals surface area (Å²) in [5.41, 5.74) is 0.616. The van der Waals surface area contributed by atoms with Crippen LogP contribution in [-0.2, 0) is 11.3 Å². The van der Waals surface area contributed by atoms with Crippen molar-refractivity contribution in [1.29, 1.82) is 0 Å². The molecule has 2 rings (SSSR count). The van der Waals surface area contributed by atoms with Gasteiger partial charge in [0.1, 0.15) is 37.7 Å². The highest BCUT2D eigenvalue weighted by Gasteiger charge is 2.26. The number of benzene rings is 1. The number of hydrogen-bond acceptors (Lipinski definition) is 1. The summed E-state index contributed by atoms with van der Waals surface area (Å²) in [7, 11) is 0. The average molecular weight is 259 g/mol. The number of hydrogen-bond donors (Lipinski definition) is 1. The summed E-state index contributed by atoms with van der Waals surface area (Å²) in [5, 5.41) is 0.518. The zero-order valence-corrected chi connectivity index (χ0v) is 10.9. The summed E-state index contributed by atoms with van der Waals surface area (Å²) in [5.74, 6) is -0.211. The molecular formula is C13H18ClFNO+. The molecule has 1 aliphatic heterocycles. The lowest BCUT2D eigenvalue weighted by molar-refractivity contribution is -0.928. The van der Waals surface area contributed by atoms with Gasteiger partial charge in [-0.3, -0.25) is 0 Å². The summed E-state index contributed by atoms with van der Waals surface area (Å²) in [6.07, 6.45) is 0.443. The highest BCUT2D eigenvalue weighted by molar-refractivity contribution is 6.31. The first kappa shape index (κ1) is 12.8. The Hall–Kier alpha value is -0.640. The number of quaternary nitrogens is 1. The Morgan fingerprint density at radius 3 is 2.59 bits per heavy atom. The standard InChI is InChI=1S/C13H17ClFNO/c1-9-6-16(7-10(2)17-9)8-11-12(14)4-3-5-13(11)15/h3-5,9-10H,6-8H2,1-2H3/p+1/t9-,10+. The molecule has 3 atom stereocenters. The molecule has 2 nitrogen and oxygen atoms in total. The van der Waals surface area contributed by atoms with Crippen LogP contribution in [0.2, 0.25) is 5.02 Å². The van der Waals surface area contributed by atoms with Crippen LogP contribution in [0.15, 0.2) is 18.2 Å². The summed E-state index contributed by atoms with van der Waals surface area (Å²) in [6, 6.07) is 4.85. The Morgan fingerprint density at radius 1 is 1.35 bits per heavy atom. The average Bonchev–Trinajstić information content (AvgIpc) is 2.22. The molecule has 0 amide bonds. The van der Waals surface area contributed by atoms with Gasteiger partial charge in [0.2, 0.25) is 0 Å². The van der Waals surface area contributed by atoms with Gasteiger partial charge in [-0.2, -0.15) is 0 Å². The monoisotopic (exact) mass is 258 g/mol. The maximum Gasteiger partial charge on any atom is 0.133 e. The third kappa shape index (κ3) is 3.18. The van der Waals surface area contributed by atoms with Crippen LogP contribution >= 0.6 is 11.6 Å². The van der Waals surface area contributed by atoms with E-state index in [1.165, 1.54) is 11.0 Å². The molecule has 0 aromatic heterocycles. The molecule has 0 radical (unpaired) electrons. The Balaban J connectivity index is 2.10. The van der Waals surface area contributed by atoms with Gasteiger partial charge in [0.25, 0.3) is 0 Å². The second kappa shape index (κ2) is 5.34. The minimum Gasteiger partial charge on any atom is -0.364 e. The topological polar surface area (TPSA) is 13.7 Å². The van der Waals surface area contributed by atoms with Crippen molar-refractivity contribution in [3.8, 4) is 0 Å². The van der Waals surface area contributed by atoms with Gasteiger partial charge in [0, 0.05) is 0 Å². The highest BCUT2D eigenvalue weighted by Crippen LogP contribution is 2.18. The van der Waals surface area contributed by atoms with Crippen LogP contribution in [-0.4, -0.2) is 25.3 Å². The van der Waals surface area contributed by atoms with Gasteiger partial charge in [-0.15, -0.1) is 0 Å². The highest BCUT2D eigenvalue weighted by atomic mass is 35.5. The lowest BCUT2D eigenvalue weighted by Gasteiger charge is -2.32. The molecule has 1 unspecified atom stereocenters. The van der Waals surface area contributed by atoms with E-state index in [0.717, 1.165) is 13.1 Å². The number of rotatable bonds is 2. The summed E-state index contributed by atoms with van der Waals surface area (Å²) in [6.45, 7) is 6.53. The molecule has 1 N–H and O–H groups in total. The molecular weight excluding hydrogens is 241 g/mol. The minimum absolute atomic E-state index is 0.211. The predicted molar refractivity (Wildman–Crippen MR) is 65.8 cm³/mol. The van der Waals surface area contributed by atoms with Crippen molar-refractivity contribution >= 4 is 11.6 Å². The van der Waals surface area contributed by atoms with Crippen molar-refractivity contribution in [2.75, 3.05) is 13.1 Å². The van der Waals surface area contributed by atoms with Gasteiger partial charge in [-0.05, 0) is 26.0 Å². The van der Waals surface area contributed by atoms with E-state index in [2.05, 4.69) is 13.8 Å². The molecule has 1 fully saturated rings. The van der Waals surface area contributed by atoms with Gasteiger partial charge >= 0.3 is 0 Å². The van der Waals surface area contributed by atoms with Gasteiger partial charge in [0.05, 0.1) is 10.6 Å². The van der Waals surface area contributed by atoms with Crippen molar-refractivity contribution in [2.24, 2.45) is 0 Å². The summed E-state index contributed by atoms with van der Waals surface area (Å²) < 4.78 is 19.3. The van der Waals surface area contributed by atoms with E-state index in [0.29, 0.717) is 17.1 Å². The van der Waals surface area contributed by atoms with E-state index in [9.17, 15) is 4.39 Å². The van der Waals surface area contributed by atoms with Crippen LogP contribution in [0.3, 0.4) is 0 Å². The van der Waals surface area contributed by atoms with Crippen LogP contribution in [0.25, 0.3) is 0 Å². The third-order valence-corrected chi connectivity index (χ3v) is 3.46. The molecule has 17 heavy (non-hydrogen) atoms. The van der Waals surface area contributed by atoms with Crippen LogP contribution in [0.1, 0.15) is 19.4 Å². The Kier molecular flexibility index (Phi) is 4.02. The van der Waals surface area contributed by atoms with Crippen molar-refractivity contribution in [1.82, 2.24) is 0 Å². The fraction of sp³-hybridized carbons (Fsp3) is 0.538. The molecule has 94 valence electrons.